The van der Waals surface area contributed by atoms with Crippen molar-refractivity contribution in [3.63, 3.8) is 0 Å². The number of aromatic nitrogens is 1. The summed E-state index contributed by atoms with van der Waals surface area (Å²) in [6.45, 7) is 4.03. The second kappa shape index (κ2) is 5.06. The molecule has 2 fully saturated rings. The first kappa shape index (κ1) is 12.2. The molecule has 0 aromatic carbocycles. The Morgan fingerprint density at radius 2 is 2.17 bits per heavy atom. The Morgan fingerprint density at radius 3 is 2.72 bits per heavy atom. The molecule has 18 heavy (non-hydrogen) atoms. The summed E-state index contributed by atoms with van der Waals surface area (Å²) in [5.41, 5.74) is 1.18. The number of hydrogen-bond donors (Lipinski definition) is 1. The van der Waals surface area contributed by atoms with Crippen LogP contribution in [-0.2, 0) is 6.54 Å². The maximum atomic E-state index is 6.37. The average Bonchev–Trinajstić information content (AvgIpc) is 3.24. The van der Waals surface area contributed by atoms with Crippen molar-refractivity contribution >= 4 is 17.4 Å². The van der Waals surface area contributed by atoms with Crippen molar-refractivity contribution in [3.05, 3.63) is 22.8 Å². The van der Waals surface area contributed by atoms with Crippen molar-refractivity contribution in [2.75, 3.05) is 11.4 Å². The maximum Gasteiger partial charge on any atom is 0.147 e. The normalized spacial score (nSPS) is 19.0. The van der Waals surface area contributed by atoms with Crippen molar-refractivity contribution in [1.29, 1.82) is 0 Å². The third-order valence-electron chi connectivity index (χ3n) is 3.65. The van der Waals surface area contributed by atoms with Crippen molar-refractivity contribution in [1.82, 2.24) is 10.3 Å². The van der Waals surface area contributed by atoms with Gasteiger partial charge in [-0.3, -0.25) is 0 Å². The lowest BCUT2D eigenvalue weighted by Crippen LogP contribution is -2.26. The molecule has 0 amide bonds. The van der Waals surface area contributed by atoms with Crippen LogP contribution in [0.15, 0.2) is 12.3 Å². The third kappa shape index (κ3) is 2.78. The average molecular weight is 266 g/mol. The maximum absolute atomic E-state index is 6.37. The first-order valence-corrected chi connectivity index (χ1v) is 7.30. The Bertz CT molecular complexity index is 427. The van der Waals surface area contributed by atoms with Crippen LogP contribution in [0.5, 0.6) is 0 Å². The van der Waals surface area contributed by atoms with E-state index < -0.39 is 0 Å². The van der Waals surface area contributed by atoms with Gasteiger partial charge in [0.25, 0.3) is 0 Å². The summed E-state index contributed by atoms with van der Waals surface area (Å²) >= 11 is 6.37. The van der Waals surface area contributed by atoms with E-state index >= 15 is 0 Å². The van der Waals surface area contributed by atoms with Gasteiger partial charge in [0.1, 0.15) is 5.82 Å². The van der Waals surface area contributed by atoms with Gasteiger partial charge in [0.2, 0.25) is 0 Å². The van der Waals surface area contributed by atoms with E-state index in [9.17, 15) is 0 Å². The number of anilines is 1. The van der Waals surface area contributed by atoms with E-state index in [4.69, 9.17) is 11.6 Å². The highest BCUT2D eigenvalue weighted by molar-refractivity contribution is 6.33. The summed E-state index contributed by atoms with van der Waals surface area (Å²) in [6, 6.07) is 3.45. The molecule has 3 nitrogen and oxygen atoms in total. The van der Waals surface area contributed by atoms with Gasteiger partial charge in [0.05, 0.1) is 5.02 Å². The van der Waals surface area contributed by atoms with Gasteiger partial charge in [0, 0.05) is 31.4 Å². The zero-order valence-electron chi connectivity index (χ0n) is 10.8. The lowest BCUT2D eigenvalue weighted by atomic mass is 10.2. The molecule has 1 aromatic heterocycles. The molecule has 3 rings (SSSR count). The molecule has 1 N–H and O–H groups in total. The molecular formula is C14H20ClN3. The van der Waals surface area contributed by atoms with Crippen LogP contribution < -0.4 is 10.2 Å². The molecule has 98 valence electrons. The lowest BCUT2D eigenvalue weighted by Gasteiger charge is -2.22. The summed E-state index contributed by atoms with van der Waals surface area (Å²) in [5.74, 6) is 0.955. The summed E-state index contributed by atoms with van der Waals surface area (Å²) in [5, 5.41) is 4.28. The van der Waals surface area contributed by atoms with Crippen molar-refractivity contribution in [3.8, 4) is 0 Å². The number of rotatable bonds is 6. The first-order valence-electron chi connectivity index (χ1n) is 6.92. The number of hydrogen-bond acceptors (Lipinski definition) is 3. The monoisotopic (exact) mass is 265 g/mol. The number of halogens is 1. The van der Waals surface area contributed by atoms with E-state index in [2.05, 4.69) is 28.2 Å². The van der Waals surface area contributed by atoms with Crippen molar-refractivity contribution < 1.29 is 0 Å². The van der Waals surface area contributed by atoms with E-state index in [0.29, 0.717) is 6.04 Å². The Balaban J connectivity index is 1.70. The molecule has 0 spiro atoms. The second-order valence-corrected chi connectivity index (χ2v) is 5.73. The molecule has 0 atom stereocenters. The van der Waals surface area contributed by atoms with Crippen LogP contribution in [-0.4, -0.2) is 23.6 Å². The molecule has 0 aliphatic heterocycles. The summed E-state index contributed by atoms with van der Waals surface area (Å²) in [6.07, 6.45) is 7.13. The molecule has 2 saturated carbocycles. The summed E-state index contributed by atoms with van der Waals surface area (Å²) in [7, 11) is 0. The van der Waals surface area contributed by atoms with Crippen molar-refractivity contribution in [2.24, 2.45) is 0 Å². The SMILES string of the molecule is CCN(c1ncc(CNC2CC2)cc1Cl)C1CC1. The van der Waals surface area contributed by atoms with Crippen LogP contribution in [0.25, 0.3) is 0 Å². The standard InChI is InChI=1S/C14H20ClN3/c1-2-18(12-5-6-12)14-13(15)7-10(9-17-14)8-16-11-3-4-11/h7,9,11-12,16H,2-6,8H2,1H3. The second-order valence-electron chi connectivity index (χ2n) is 5.32. The quantitative estimate of drug-likeness (QED) is 0.857. The minimum atomic E-state index is 0.662. The Kier molecular flexibility index (Phi) is 3.44. The minimum Gasteiger partial charge on any atom is -0.353 e. The van der Waals surface area contributed by atoms with Gasteiger partial charge >= 0.3 is 0 Å². The topological polar surface area (TPSA) is 28.2 Å². The van der Waals surface area contributed by atoms with E-state index in [1.165, 1.54) is 31.2 Å². The van der Waals surface area contributed by atoms with Gasteiger partial charge in [-0.15, -0.1) is 0 Å². The van der Waals surface area contributed by atoms with E-state index in [1.807, 2.05) is 6.20 Å². The van der Waals surface area contributed by atoms with Crippen LogP contribution in [0, 0.1) is 0 Å². The van der Waals surface area contributed by atoms with E-state index in [1.54, 1.807) is 0 Å². The fourth-order valence-corrected chi connectivity index (χ4v) is 2.59. The fourth-order valence-electron chi connectivity index (χ4n) is 2.30. The zero-order chi connectivity index (χ0) is 12.5. The molecular weight excluding hydrogens is 246 g/mol. The summed E-state index contributed by atoms with van der Waals surface area (Å²) < 4.78 is 0. The van der Waals surface area contributed by atoms with Crippen LogP contribution in [0.4, 0.5) is 5.82 Å². The van der Waals surface area contributed by atoms with E-state index in [0.717, 1.165) is 30.0 Å². The van der Waals surface area contributed by atoms with Crippen LogP contribution >= 0.6 is 11.6 Å². The van der Waals surface area contributed by atoms with Gasteiger partial charge in [-0.1, -0.05) is 11.6 Å². The Labute approximate surface area is 114 Å². The lowest BCUT2D eigenvalue weighted by molar-refractivity contribution is 0.685. The largest absolute Gasteiger partial charge is 0.353 e. The van der Waals surface area contributed by atoms with Gasteiger partial charge < -0.3 is 10.2 Å². The molecule has 1 heterocycles. The highest BCUT2D eigenvalue weighted by atomic mass is 35.5. The highest BCUT2D eigenvalue weighted by Gasteiger charge is 2.30. The Hall–Kier alpha value is -0.800. The van der Waals surface area contributed by atoms with Crippen LogP contribution in [0.1, 0.15) is 38.2 Å². The Morgan fingerprint density at radius 1 is 1.39 bits per heavy atom. The molecule has 0 unspecified atom stereocenters. The van der Waals surface area contributed by atoms with E-state index in [-0.39, 0.29) is 0 Å². The van der Waals surface area contributed by atoms with Crippen LogP contribution in [0.3, 0.4) is 0 Å². The molecule has 2 aliphatic carbocycles. The molecule has 0 bridgehead atoms. The third-order valence-corrected chi connectivity index (χ3v) is 3.93. The smallest absolute Gasteiger partial charge is 0.147 e. The van der Waals surface area contributed by atoms with Gasteiger partial charge in [-0.2, -0.15) is 0 Å². The molecule has 0 saturated heterocycles. The highest BCUT2D eigenvalue weighted by Crippen LogP contribution is 2.34. The van der Waals surface area contributed by atoms with Gasteiger partial charge in [0.15, 0.2) is 0 Å². The predicted octanol–water partition coefficient (Wildman–Crippen LogP) is 2.98. The summed E-state index contributed by atoms with van der Waals surface area (Å²) in [4.78, 5) is 6.88. The fraction of sp³-hybridized carbons (Fsp3) is 0.643. The van der Waals surface area contributed by atoms with Gasteiger partial charge in [-0.25, -0.2) is 4.98 Å². The van der Waals surface area contributed by atoms with Gasteiger partial charge in [-0.05, 0) is 44.2 Å². The predicted molar refractivity (Wildman–Crippen MR) is 75.2 cm³/mol. The molecule has 1 aromatic rings. The van der Waals surface area contributed by atoms with Crippen LogP contribution in [0.2, 0.25) is 5.02 Å². The number of nitrogens with one attached hydrogen (secondary N) is 1. The molecule has 0 radical (unpaired) electrons. The zero-order valence-corrected chi connectivity index (χ0v) is 11.6. The molecule has 4 heteroatoms. The first-order chi connectivity index (χ1) is 8.78. The molecule has 2 aliphatic rings. The number of nitrogens with zero attached hydrogens (tertiary/aromatic N) is 2. The van der Waals surface area contributed by atoms with Crippen molar-refractivity contribution in [2.45, 2.75) is 51.2 Å². The minimum absolute atomic E-state index is 0.662. The number of pyridine rings is 1.